The molecule has 0 saturated heterocycles. The van der Waals surface area contributed by atoms with Crippen molar-refractivity contribution < 1.29 is 14.4 Å². The number of ether oxygens (including phenoxy) is 2. The molecular weight excluding hydrogens is 248 g/mol. The molecule has 0 aromatic heterocycles. The highest BCUT2D eigenvalue weighted by molar-refractivity contribution is 6.34. The maximum Gasteiger partial charge on any atom is 0.294 e. The first-order chi connectivity index (χ1) is 8.11. The number of nitrogen functional groups attached to an aromatic ring is 1. The van der Waals surface area contributed by atoms with Crippen LogP contribution in [0.3, 0.4) is 0 Å². The molecule has 0 fully saturated rings. The summed E-state index contributed by atoms with van der Waals surface area (Å²) in [5.74, 6) is 0.457. The van der Waals surface area contributed by atoms with E-state index in [0.29, 0.717) is 19.0 Å². The van der Waals surface area contributed by atoms with Crippen LogP contribution in [0, 0.1) is 10.1 Å². The molecule has 6 nitrogen and oxygen atoms in total. The van der Waals surface area contributed by atoms with Crippen LogP contribution >= 0.6 is 11.6 Å². The summed E-state index contributed by atoms with van der Waals surface area (Å²) in [7, 11) is 0. The minimum atomic E-state index is -0.596. The predicted molar refractivity (Wildman–Crippen MR) is 62.7 cm³/mol. The Morgan fingerprint density at radius 1 is 1.29 bits per heavy atom. The molecule has 0 aliphatic carbocycles. The molecule has 7 heteroatoms. The zero-order valence-corrected chi connectivity index (χ0v) is 9.70. The first-order valence-corrected chi connectivity index (χ1v) is 5.51. The van der Waals surface area contributed by atoms with Crippen LogP contribution in [0.15, 0.2) is 6.07 Å². The van der Waals surface area contributed by atoms with Gasteiger partial charge in [0.1, 0.15) is 0 Å². The van der Waals surface area contributed by atoms with Gasteiger partial charge in [-0.2, -0.15) is 0 Å². The fourth-order valence-corrected chi connectivity index (χ4v) is 1.85. The molecule has 1 aliphatic rings. The molecular formula is C10H11ClN2O4. The molecule has 0 radical (unpaired) electrons. The number of benzene rings is 1. The van der Waals surface area contributed by atoms with Gasteiger partial charge in [0.05, 0.1) is 23.8 Å². The zero-order valence-electron chi connectivity index (χ0n) is 8.94. The number of nitro benzene ring substituents is 1. The molecule has 2 N–H and O–H groups in total. The van der Waals surface area contributed by atoms with E-state index in [1.54, 1.807) is 0 Å². The lowest BCUT2D eigenvalue weighted by molar-refractivity contribution is -0.384. The summed E-state index contributed by atoms with van der Waals surface area (Å²) in [4.78, 5) is 10.2. The third-order valence-electron chi connectivity index (χ3n) is 2.41. The summed E-state index contributed by atoms with van der Waals surface area (Å²) in [6.07, 6.45) is 1.64. The molecule has 92 valence electrons. The van der Waals surface area contributed by atoms with E-state index < -0.39 is 4.92 Å². The van der Waals surface area contributed by atoms with Gasteiger partial charge >= 0.3 is 0 Å². The van der Waals surface area contributed by atoms with E-state index >= 15 is 0 Å². The maximum atomic E-state index is 10.8. The highest BCUT2D eigenvalue weighted by Gasteiger charge is 2.25. The van der Waals surface area contributed by atoms with E-state index in [9.17, 15) is 10.1 Å². The molecule has 1 aromatic rings. The van der Waals surface area contributed by atoms with Crippen LogP contribution in [0.1, 0.15) is 12.8 Å². The summed E-state index contributed by atoms with van der Waals surface area (Å²) < 4.78 is 10.8. The van der Waals surface area contributed by atoms with Gasteiger partial charge in [0.2, 0.25) is 0 Å². The van der Waals surface area contributed by atoms with E-state index in [0.717, 1.165) is 12.8 Å². The minimum absolute atomic E-state index is 0.0684. The quantitative estimate of drug-likeness (QED) is 0.475. The Labute approximate surface area is 102 Å². The molecule has 1 aromatic carbocycles. The van der Waals surface area contributed by atoms with E-state index in [1.165, 1.54) is 6.07 Å². The van der Waals surface area contributed by atoms with Crippen molar-refractivity contribution in [2.24, 2.45) is 0 Å². The van der Waals surface area contributed by atoms with Gasteiger partial charge in [-0.25, -0.2) is 0 Å². The Kier molecular flexibility index (Phi) is 3.23. The van der Waals surface area contributed by atoms with Gasteiger partial charge in [-0.1, -0.05) is 11.6 Å². The number of nitrogens with zero attached hydrogens (tertiary/aromatic N) is 1. The molecule has 0 bridgehead atoms. The Morgan fingerprint density at radius 2 is 1.88 bits per heavy atom. The number of halogens is 1. The molecule has 0 amide bonds. The summed E-state index contributed by atoms with van der Waals surface area (Å²) in [6.45, 7) is 0.936. The molecule has 1 heterocycles. The van der Waals surface area contributed by atoms with Crippen LogP contribution in [-0.2, 0) is 0 Å². The van der Waals surface area contributed by atoms with Crippen molar-refractivity contribution in [1.82, 2.24) is 0 Å². The van der Waals surface area contributed by atoms with Crippen LogP contribution in [0.25, 0.3) is 0 Å². The van der Waals surface area contributed by atoms with Crippen LogP contribution in [0.2, 0.25) is 5.02 Å². The second-order valence-electron chi connectivity index (χ2n) is 3.62. The van der Waals surface area contributed by atoms with Crippen LogP contribution in [0.4, 0.5) is 11.4 Å². The normalized spacial score (nSPS) is 14.9. The predicted octanol–water partition coefficient (Wildman–Crippen LogP) is 2.38. The van der Waals surface area contributed by atoms with Gasteiger partial charge in [0, 0.05) is 6.07 Å². The fourth-order valence-electron chi connectivity index (χ4n) is 1.59. The zero-order chi connectivity index (χ0) is 12.4. The average Bonchev–Trinajstić information content (AvgIpc) is 2.22. The van der Waals surface area contributed by atoms with Gasteiger partial charge < -0.3 is 15.2 Å². The number of hydrogen-bond donors (Lipinski definition) is 1. The Morgan fingerprint density at radius 3 is 2.47 bits per heavy atom. The summed E-state index contributed by atoms with van der Waals surface area (Å²) in [5.41, 5.74) is 5.59. The summed E-state index contributed by atoms with van der Waals surface area (Å²) >= 11 is 5.92. The molecule has 0 atom stereocenters. The largest absolute Gasteiger partial charge is 0.488 e. The Bertz CT molecular complexity index is 464. The smallest absolute Gasteiger partial charge is 0.294 e. The van der Waals surface area contributed by atoms with Crippen molar-refractivity contribution >= 4 is 23.0 Å². The van der Waals surface area contributed by atoms with Crippen molar-refractivity contribution in [1.29, 1.82) is 0 Å². The van der Waals surface area contributed by atoms with Gasteiger partial charge in [0.25, 0.3) is 5.69 Å². The second kappa shape index (κ2) is 4.67. The standard InChI is InChI=1S/C10H11ClN2O4/c11-8-7(13(14)15)5-6(12)9-10(8)17-4-2-1-3-16-9/h5H,1-4,12H2. The average molecular weight is 259 g/mol. The van der Waals surface area contributed by atoms with Crippen LogP contribution in [0.5, 0.6) is 11.5 Å². The van der Waals surface area contributed by atoms with Gasteiger partial charge in [-0.3, -0.25) is 10.1 Å². The molecule has 0 saturated carbocycles. The monoisotopic (exact) mass is 258 g/mol. The number of nitro groups is 1. The van der Waals surface area contributed by atoms with Crippen molar-refractivity contribution in [2.45, 2.75) is 12.8 Å². The highest BCUT2D eigenvalue weighted by atomic mass is 35.5. The SMILES string of the molecule is Nc1cc([N+](=O)[O-])c(Cl)c2c1OCCCCO2. The fraction of sp³-hybridized carbons (Fsp3) is 0.400. The van der Waals surface area contributed by atoms with Crippen molar-refractivity contribution in [3.63, 3.8) is 0 Å². The second-order valence-corrected chi connectivity index (χ2v) is 4.00. The third kappa shape index (κ3) is 2.21. The number of rotatable bonds is 1. The van der Waals surface area contributed by atoms with Crippen molar-refractivity contribution in [2.75, 3.05) is 18.9 Å². The minimum Gasteiger partial charge on any atom is -0.488 e. The maximum absolute atomic E-state index is 10.8. The van der Waals surface area contributed by atoms with E-state index in [-0.39, 0.29) is 22.1 Å². The Hall–Kier alpha value is -1.69. The van der Waals surface area contributed by atoms with Gasteiger partial charge in [-0.05, 0) is 12.8 Å². The van der Waals surface area contributed by atoms with E-state index in [1.807, 2.05) is 0 Å². The summed E-state index contributed by atoms with van der Waals surface area (Å²) in [5, 5.41) is 10.7. The van der Waals surface area contributed by atoms with Crippen molar-refractivity contribution in [3.05, 3.63) is 21.2 Å². The van der Waals surface area contributed by atoms with E-state index in [2.05, 4.69) is 0 Å². The third-order valence-corrected chi connectivity index (χ3v) is 2.78. The summed E-state index contributed by atoms with van der Waals surface area (Å²) in [6, 6.07) is 1.19. The first-order valence-electron chi connectivity index (χ1n) is 5.13. The van der Waals surface area contributed by atoms with E-state index in [4.69, 9.17) is 26.8 Å². The lowest BCUT2D eigenvalue weighted by Crippen LogP contribution is -2.11. The lowest BCUT2D eigenvalue weighted by Gasteiger charge is -2.18. The van der Waals surface area contributed by atoms with Crippen LogP contribution < -0.4 is 15.2 Å². The topological polar surface area (TPSA) is 87.6 Å². The number of fused-ring (bicyclic) bond motifs is 1. The number of hydrogen-bond acceptors (Lipinski definition) is 5. The van der Waals surface area contributed by atoms with Crippen LogP contribution in [-0.4, -0.2) is 18.1 Å². The molecule has 17 heavy (non-hydrogen) atoms. The molecule has 0 unspecified atom stereocenters. The Balaban J connectivity index is 2.55. The lowest BCUT2D eigenvalue weighted by atomic mass is 10.2. The number of anilines is 1. The molecule has 1 aliphatic heterocycles. The highest BCUT2D eigenvalue weighted by Crippen LogP contribution is 2.46. The first kappa shape index (κ1) is 11.8. The van der Waals surface area contributed by atoms with Crippen molar-refractivity contribution in [3.8, 4) is 11.5 Å². The number of nitrogens with two attached hydrogens (primary N) is 1. The molecule has 0 spiro atoms. The molecule has 2 rings (SSSR count). The van der Waals surface area contributed by atoms with Gasteiger partial charge in [0.15, 0.2) is 16.5 Å². The van der Waals surface area contributed by atoms with Gasteiger partial charge in [-0.15, -0.1) is 0 Å².